The van der Waals surface area contributed by atoms with Gasteiger partial charge in [-0.3, -0.25) is 28.8 Å². The summed E-state index contributed by atoms with van der Waals surface area (Å²) in [6, 6.07) is 52.3. The molecule has 93 heavy (non-hydrogen) atoms. The first-order valence-electron chi connectivity index (χ1n) is 32.0. The van der Waals surface area contributed by atoms with E-state index in [0.29, 0.717) is 66.8 Å². The lowest BCUT2D eigenvalue weighted by Crippen LogP contribution is -2.48. The Hall–Kier alpha value is -9.17. The Morgan fingerprint density at radius 2 is 0.398 bits per heavy atom. The SMILES string of the molecule is CC(C)(C)N(Cc1ccccc1C(=O)N(Cc1ccccc1C(=O)N(Cc1ccccc1C(=O)N(Cc1ccccc1C(=O)N(Cc1ccccc1C(=O)N(Cc1ccccc1C(=O)O)C(C)(C)C)C(C)(C)C)C(C)(C)C)C(C)(C)C)C(C)(C)C)C(=O)c1ccccc1. The lowest BCUT2D eigenvalue weighted by atomic mass is 9.95. The predicted molar refractivity (Wildman–Crippen MR) is 370 cm³/mol. The van der Waals surface area contributed by atoms with Crippen LogP contribution in [0.5, 0.6) is 0 Å². The zero-order chi connectivity index (χ0) is 68.8. The van der Waals surface area contributed by atoms with Crippen molar-refractivity contribution in [1.29, 1.82) is 0 Å². The van der Waals surface area contributed by atoms with E-state index in [4.69, 9.17) is 0 Å². The van der Waals surface area contributed by atoms with Crippen molar-refractivity contribution in [3.05, 3.63) is 248 Å². The summed E-state index contributed by atoms with van der Waals surface area (Å²) in [5.74, 6) is -2.68. The molecule has 14 nitrogen and oxygen atoms in total. The minimum Gasteiger partial charge on any atom is -0.478 e. The number of carbonyl (C=O) groups excluding carboxylic acids is 6. The minimum absolute atomic E-state index is 0.0445. The number of aromatic carboxylic acids is 1. The molecule has 7 aromatic rings. The third-order valence-corrected chi connectivity index (χ3v) is 16.8. The standard InChI is InChI=1S/C79H96N6O8/c1-74(2,3)80(67(86)54-34-20-19-21-35-54)48-55-36-22-28-42-61(55)68(87)81(75(4,5)6)49-56-37-23-29-43-62(56)69(88)82(76(7,8)9)50-57-38-24-30-44-63(57)70(89)83(77(10,11)12)51-58-39-25-31-45-64(58)71(90)84(78(13,14)15)52-59-40-26-32-46-65(59)72(91)85(79(16,17)18)53-60-41-27-33-47-66(60)73(92)93/h19-47H,48-53H2,1-18H3,(H,92,93). The molecule has 14 heteroatoms. The monoisotopic (exact) mass is 1260 g/mol. The Bertz CT molecular complexity index is 3870. The van der Waals surface area contributed by atoms with Crippen LogP contribution in [0.25, 0.3) is 0 Å². The average Bonchev–Trinajstić information content (AvgIpc) is 0.818. The highest BCUT2D eigenvalue weighted by atomic mass is 16.4. The lowest BCUT2D eigenvalue weighted by molar-refractivity contribution is 0.0501. The van der Waals surface area contributed by atoms with Crippen molar-refractivity contribution in [1.82, 2.24) is 29.4 Å². The molecule has 7 aromatic carbocycles. The second-order valence-electron chi connectivity index (χ2n) is 30.0. The fraction of sp³-hybridized carbons (Fsp3) is 0.380. The van der Waals surface area contributed by atoms with Gasteiger partial charge >= 0.3 is 5.97 Å². The summed E-state index contributed by atoms with van der Waals surface area (Å²) in [5, 5.41) is 10.0. The Morgan fingerprint density at radius 3 is 0.591 bits per heavy atom. The van der Waals surface area contributed by atoms with Gasteiger partial charge in [-0.15, -0.1) is 0 Å². The number of hydrogen-bond acceptors (Lipinski definition) is 7. The first kappa shape index (κ1) is 71.3. The van der Waals surface area contributed by atoms with Crippen molar-refractivity contribution in [2.24, 2.45) is 0 Å². The van der Waals surface area contributed by atoms with Gasteiger partial charge in [-0.2, -0.15) is 0 Å². The Balaban J connectivity index is 1.17. The molecule has 0 atom stereocenters. The molecule has 6 amide bonds. The maximum atomic E-state index is 15.6. The maximum absolute atomic E-state index is 15.6. The number of carbonyl (C=O) groups is 7. The molecular weight excluding hydrogens is 1160 g/mol. The second kappa shape index (κ2) is 28.4. The number of rotatable bonds is 19. The number of carboxylic acid groups (broad SMARTS) is 1. The van der Waals surface area contributed by atoms with Crippen LogP contribution in [0.1, 0.15) is 231 Å². The minimum atomic E-state index is -1.08. The Labute approximate surface area is 552 Å². The Morgan fingerprint density at radius 1 is 0.237 bits per heavy atom. The summed E-state index contributed by atoms with van der Waals surface area (Å²) >= 11 is 0. The van der Waals surface area contributed by atoms with Crippen molar-refractivity contribution in [2.75, 3.05) is 0 Å². The number of benzene rings is 7. The van der Waals surface area contributed by atoms with Gasteiger partial charge in [0, 0.05) is 106 Å². The smallest absolute Gasteiger partial charge is 0.336 e. The fourth-order valence-corrected chi connectivity index (χ4v) is 11.4. The molecule has 0 aliphatic rings. The van der Waals surface area contributed by atoms with E-state index in [9.17, 15) is 19.5 Å². The molecular formula is C79H96N6O8. The molecule has 0 fully saturated rings. The summed E-state index contributed by atoms with van der Waals surface area (Å²) < 4.78 is 0. The summed E-state index contributed by atoms with van der Waals surface area (Å²) in [7, 11) is 0. The van der Waals surface area contributed by atoms with Crippen molar-refractivity contribution in [2.45, 2.75) is 197 Å². The van der Waals surface area contributed by atoms with E-state index in [1.807, 2.05) is 222 Å². The third-order valence-electron chi connectivity index (χ3n) is 16.8. The molecule has 0 saturated heterocycles. The molecule has 0 bridgehead atoms. The van der Waals surface area contributed by atoms with Crippen molar-refractivity contribution in [3.63, 3.8) is 0 Å². The van der Waals surface area contributed by atoms with Crippen LogP contribution in [-0.2, 0) is 39.3 Å². The molecule has 0 saturated carbocycles. The molecule has 490 valence electrons. The normalized spacial score (nSPS) is 12.2. The van der Waals surface area contributed by atoms with Gasteiger partial charge in [0.1, 0.15) is 0 Å². The van der Waals surface area contributed by atoms with E-state index in [-0.39, 0.29) is 80.3 Å². The van der Waals surface area contributed by atoms with E-state index < -0.39 is 39.2 Å². The van der Waals surface area contributed by atoms with Crippen LogP contribution in [0.4, 0.5) is 0 Å². The Kier molecular flexibility index (Phi) is 21.7. The van der Waals surface area contributed by atoms with E-state index in [0.717, 1.165) is 0 Å². The van der Waals surface area contributed by atoms with Crippen LogP contribution in [-0.4, -0.2) is 109 Å². The first-order valence-corrected chi connectivity index (χ1v) is 32.0. The zero-order valence-corrected chi connectivity index (χ0v) is 58.0. The average molecular weight is 1260 g/mol. The van der Waals surface area contributed by atoms with Gasteiger partial charge in [-0.25, -0.2) is 4.79 Å². The van der Waals surface area contributed by atoms with Crippen molar-refractivity contribution in [3.8, 4) is 0 Å². The van der Waals surface area contributed by atoms with E-state index in [1.54, 1.807) is 102 Å². The van der Waals surface area contributed by atoms with Crippen molar-refractivity contribution >= 4 is 41.4 Å². The van der Waals surface area contributed by atoms with E-state index in [2.05, 4.69) is 0 Å². The van der Waals surface area contributed by atoms with Gasteiger partial charge in [0.2, 0.25) is 0 Å². The maximum Gasteiger partial charge on any atom is 0.336 e. The molecule has 7 rings (SSSR count). The van der Waals surface area contributed by atoms with Crippen LogP contribution < -0.4 is 0 Å². The van der Waals surface area contributed by atoms with Gasteiger partial charge in [0.15, 0.2) is 0 Å². The molecule has 0 spiro atoms. The van der Waals surface area contributed by atoms with Gasteiger partial charge < -0.3 is 34.5 Å². The molecule has 0 unspecified atom stereocenters. The van der Waals surface area contributed by atoms with Crippen LogP contribution in [0.15, 0.2) is 176 Å². The highest BCUT2D eigenvalue weighted by Crippen LogP contribution is 2.33. The highest BCUT2D eigenvalue weighted by Gasteiger charge is 2.39. The number of nitrogens with zero attached hydrogens (tertiary/aromatic N) is 6. The van der Waals surface area contributed by atoms with Gasteiger partial charge in [0.05, 0.1) is 5.56 Å². The summed E-state index contributed by atoms with van der Waals surface area (Å²) in [4.78, 5) is 114. The number of hydrogen-bond donors (Lipinski definition) is 1. The van der Waals surface area contributed by atoms with Crippen LogP contribution in [0, 0.1) is 0 Å². The number of carboxylic acids is 1. The van der Waals surface area contributed by atoms with Crippen LogP contribution >= 0.6 is 0 Å². The van der Waals surface area contributed by atoms with Gasteiger partial charge in [-0.1, -0.05) is 127 Å². The molecule has 1 N–H and O–H groups in total. The molecule has 0 aliphatic carbocycles. The number of amides is 6. The summed E-state index contributed by atoms with van der Waals surface area (Å²) in [5.41, 5.74) is 1.97. The van der Waals surface area contributed by atoms with Crippen LogP contribution in [0.3, 0.4) is 0 Å². The molecule has 0 heterocycles. The molecule has 0 aliphatic heterocycles. The topological polar surface area (TPSA) is 159 Å². The van der Waals surface area contributed by atoms with Crippen molar-refractivity contribution < 1.29 is 38.7 Å². The highest BCUT2D eigenvalue weighted by molar-refractivity contribution is 6.01. The lowest BCUT2D eigenvalue weighted by Gasteiger charge is -2.40. The van der Waals surface area contributed by atoms with E-state index in [1.165, 1.54) is 6.07 Å². The van der Waals surface area contributed by atoms with Gasteiger partial charge in [0.25, 0.3) is 35.4 Å². The molecule has 0 radical (unpaired) electrons. The summed E-state index contributed by atoms with van der Waals surface area (Å²) in [6.07, 6.45) is 0. The quantitative estimate of drug-likeness (QED) is 0.0838. The van der Waals surface area contributed by atoms with E-state index >= 15 is 19.2 Å². The second-order valence-corrected chi connectivity index (χ2v) is 30.0. The molecule has 0 aromatic heterocycles. The fourth-order valence-electron chi connectivity index (χ4n) is 11.4. The first-order chi connectivity index (χ1) is 43.3. The van der Waals surface area contributed by atoms with Gasteiger partial charge in [-0.05, 0) is 207 Å². The predicted octanol–water partition coefficient (Wildman–Crippen LogP) is 16.0. The third kappa shape index (κ3) is 17.3. The largest absolute Gasteiger partial charge is 0.478 e. The van der Waals surface area contributed by atoms with Crippen LogP contribution in [0.2, 0.25) is 0 Å². The zero-order valence-electron chi connectivity index (χ0n) is 58.0. The summed E-state index contributed by atoms with van der Waals surface area (Å²) in [6.45, 7) is 35.6.